The number of carbonyl (C=O) groups excluding carboxylic acids is 1. The van der Waals surface area contributed by atoms with Gasteiger partial charge in [-0.3, -0.25) is 4.79 Å². The highest BCUT2D eigenvalue weighted by Crippen LogP contribution is 2.34. The van der Waals surface area contributed by atoms with Gasteiger partial charge in [0.2, 0.25) is 17.8 Å². The fraction of sp³-hybridized carbons (Fsp3) is 0.643. The fourth-order valence-electron chi connectivity index (χ4n) is 5.80. The zero-order valence-corrected chi connectivity index (χ0v) is 26.0. The number of fused-ring (bicyclic) bond motifs is 2. The third kappa shape index (κ3) is 6.20. The van der Waals surface area contributed by atoms with Crippen LogP contribution in [0.5, 0.6) is 0 Å². The van der Waals surface area contributed by atoms with Gasteiger partial charge in [-0.2, -0.15) is 15.0 Å². The molecule has 16 heteroatoms. The summed E-state index contributed by atoms with van der Waals surface area (Å²) in [5.41, 5.74) is 3.43. The maximum atomic E-state index is 12.9. The molecule has 44 heavy (non-hydrogen) atoms. The third-order valence-electron chi connectivity index (χ3n) is 8.51. The molecule has 6 rings (SSSR count). The van der Waals surface area contributed by atoms with Gasteiger partial charge < -0.3 is 43.8 Å². The summed E-state index contributed by atoms with van der Waals surface area (Å²) >= 11 is 0. The average Bonchev–Trinajstić information content (AvgIpc) is 3.53. The number of rotatable bonds is 11. The van der Waals surface area contributed by atoms with Crippen LogP contribution in [0.25, 0.3) is 11.0 Å². The molecular formula is C28H42N12O4. The first-order valence-corrected chi connectivity index (χ1v) is 15.1. The van der Waals surface area contributed by atoms with Crippen LogP contribution in [-0.4, -0.2) is 153 Å². The molecule has 3 aromatic heterocycles. The molecule has 0 atom stereocenters. The second kappa shape index (κ2) is 13.4. The first kappa shape index (κ1) is 30.2. The molecule has 1 amide bonds. The second-order valence-electron chi connectivity index (χ2n) is 11.2. The summed E-state index contributed by atoms with van der Waals surface area (Å²) in [6.07, 6.45) is 2.56. The summed E-state index contributed by atoms with van der Waals surface area (Å²) in [7, 11) is 6.89. The molecule has 0 spiro atoms. The lowest BCUT2D eigenvalue weighted by Crippen LogP contribution is -2.49. The van der Waals surface area contributed by atoms with Crippen molar-refractivity contribution >= 4 is 40.5 Å². The second-order valence-corrected chi connectivity index (χ2v) is 11.2. The number of anilines is 4. The van der Waals surface area contributed by atoms with Crippen molar-refractivity contribution in [3.63, 3.8) is 0 Å². The van der Waals surface area contributed by atoms with E-state index in [0.717, 1.165) is 43.3 Å². The van der Waals surface area contributed by atoms with E-state index < -0.39 is 0 Å². The first-order valence-electron chi connectivity index (χ1n) is 15.1. The molecule has 3 aliphatic heterocycles. The summed E-state index contributed by atoms with van der Waals surface area (Å²) < 4.78 is 10.8. The van der Waals surface area contributed by atoms with E-state index in [1.807, 2.05) is 17.0 Å². The third-order valence-corrected chi connectivity index (χ3v) is 8.51. The molecular weight excluding hydrogens is 568 g/mol. The number of ether oxygens (including phenoxy) is 2. The van der Waals surface area contributed by atoms with Crippen LogP contribution >= 0.6 is 0 Å². The Labute approximate surface area is 256 Å². The van der Waals surface area contributed by atoms with Crippen molar-refractivity contribution in [2.24, 2.45) is 0 Å². The van der Waals surface area contributed by atoms with Crippen molar-refractivity contribution in [1.82, 2.24) is 39.9 Å². The average molecular weight is 611 g/mol. The maximum Gasteiger partial charge on any atom is 0.241 e. The standard InChI is InChI=1S/C28H42N12O4/c1-35-7-8-38(18-22(35)41)26-24-23(31-27(34-26)37(13-15-42-2)14-16-43-3)25(36-9-11-40(44-4)12-10-36)33-28(32-24)39-6-5-20-21(17-39)30-19-29-20/h19H,5-18H2,1-4H3,(H,29,30). The van der Waals surface area contributed by atoms with E-state index in [9.17, 15) is 4.79 Å². The monoisotopic (exact) mass is 610 g/mol. The van der Waals surface area contributed by atoms with E-state index in [2.05, 4.69) is 24.7 Å². The largest absolute Gasteiger partial charge is 0.383 e. The lowest BCUT2D eigenvalue weighted by atomic mass is 10.1. The number of amides is 1. The number of nitrogens with zero attached hydrogens (tertiary/aromatic N) is 11. The van der Waals surface area contributed by atoms with Crippen molar-refractivity contribution < 1.29 is 19.1 Å². The molecule has 0 unspecified atom stereocenters. The van der Waals surface area contributed by atoms with Crippen molar-refractivity contribution in [1.29, 1.82) is 0 Å². The van der Waals surface area contributed by atoms with Crippen LogP contribution in [0.4, 0.5) is 23.5 Å². The number of likely N-dealkylation sites (N-methyl/N-ethyl adjacent to an activating group) is 1. The molecule has 0 aromatic carbocycles. The summed E-state index contributed by atoms with van der Waals surface area (Å²) in [5, 5.41) is 1.95. The number of nitrogens with one attached hydrogen (secondary N) is 1. The Hall–Kier alpha value is -3.86. The van der Waals surface area contributed by atoms with Crippen LogP contribution in [0.2, 0.25) is 0 Å². The lowest BCUT2D eigenvalue weighted by molar-refractivity contribution is -0.133. The predicted molar refractivity (Wildman–Crippen MR) is 165 cm³/mol. The van der Waals surface area contributed by atoms with Crippen LogP contribution in [0.15, 0.2) is 6.33 Å². The van der Waals surface area contributed by atoms with Crippen LogP contribution in [0.1, 0.15) is 11.4 Å². The van der Waals surface area contributed by atoms with Gasteiger partial charge in [0.1, 0.15) is 11.0 Å². The van der Waals surface area contributed by atoms with Gasteiger partial charge in [-0.15, -0.1) is 0 Å². The molecule has 1 N–H and O–H groups in total. The molecule has 3 aliphatic rings. The lowest BCUT2D eigenvalue weighted by Gasteiger charge is -2.36. The van der Waals surface area contributed by atoms with E-state index in [-0.39, 0.29) is 12.5 Å². The minimum absolute atomic E-state index is 0.0347. The van der Waals surface area contributed by atoms with Crippen molar-refractivity contribution in [2.45, 2.75) is 13.0 Å². The Balaban J connectivity index is 1.51. The van der Waals surface area contributed by atoms with Gasteiger partial charge in [0, 0.05) is 92.3 Å². The normalized spacial score (nSPS) is 18.0. The minimum Gasteiger partial charge on any atom is -0.383 e. The van der Waals surface area contributed by atoms with Crippen LogP contribution in [0, 0.1) is 0 Å². The summed E-state index contributed by atoms with van der Waals surface area (Å²) in [6.45, 7) is 7.80. The number of imidazole rings is 1. The highest BCUT2D eigenvalue weighted by atomic mass is 16.7. The van der Waals surface area contributed by atoms with Gasteiger partial charge in [-0.05, 0) is 0 Å². The smallest absolute Gasteiger partial charge is 0.241 e. The Kier molecular flexibility index (Phi) is 9.20. The first-order chi connectivity index (χ1) is 21.5. The number of hydrogen-bond acceptors (Lipinski definition) is 14. The Bertz CT molecular complexity index is 1440. The van der Waals surface area contributed by atoms with Crippen molar-refractivity contribution in [2.75, 3.05) is 127 Å². The van der Waals surface area contributed by atoms with E-state index in [0.29, 0.717) is 87.8 Å². The quantitative estimate of drug-likeness (QED) is 0.305. The number of hydroxylamine groups is 2. The molecule has 238 valence electrons. The molecule has 16 nitrogen and oxygen atoms in total. The number of hydrogen-bond donors (Lipinski definition) is 1. The minimum atomic E-state index is 0.0347. The van der Waals surface area contributed by atoms with Crippen LogP contribution in [0.3, 0.4) is 0 Å². The highest BCUT2D eigenvalue weighted by molar-refractivity contribution is 5.96. The van der Waals surface area contributed by atoms with Gasteiger partial charge in [-0.1, -0.05) is 0 Å². The molecule has 0 bridgehead atoms. The number of H-pyrrole nitrogens is 1. The fourth-order valence-corrected chi connectivity index (χ4v) is 5.80. The van der Waals surface area contributed by atoms with Gasteiger partial charge in [-0.25, -0.2) is 15.0 Å². The number of aromatic amines is 1. The number of piperazine rings is 2. The zero-order valence-electron chi connectivity index (χ0n) is 26.0. The number of methoxy groups -OCH3 is 2. The molecule has 6 heterocycles. The zero-order chi connectivity index (χ0) is 30.6. The maximum absolute atomic E-state index is 12.9. The van der Waals surface area contributed by atoms with Crippen molar-refractivity contribution in [3.05, 3.63) is 17.7 Å². The van der Waals surface area contributed by atoms with E-state index >= 15 is 0 Å². The molecule has 0 saturated carbocycles. The number of aromatic nitrogens is 6. The molecule has 2 saturated heterocycles. The Morgan fingerprint density at radius 1 is 0.818 bits per heavy atom. The Morgan fingerprint density at radius 2 is 1.52 bits per heavy atom. The van der Waals surface area contributed by atoms with E-state index in [4.69, 9.17) is 34.2 Å². The van der Waals surface area contributed by atoms with Crippen molar-refractivity contribution in [3.8, 4) is 0 Å². The molecule has 3 aromatic rings. The molecule has 0 radical (unpaired) electrons. The highest BCUT2D eigenvalue weighted by Gasteiger charge is 2.31. The SMILES string of the molecule is COCCN(CCOC)c1nc(N2CCN(C)C(=O)C2)c2nc(N3CCc4[nH]cnc4C3)nc(N3CCN(OC)CC3)c2n1. The number of carbonyl (C=O) groups is 1. The van der Waals surface area contributed by atoms with Gasteiger partial charge in [0.15, 0.2) is 11.6 Å². The summed E-state index contributed by atoms with van der Waals surface area (Å²) in [6, 6.07) is 0. The molecule has 0 aliphatic carbocycles. The van der Waals surface area contributed by atoms with Gasteiger partial charge >= 0.3 is 0 Å². The van der Waals surface area contributed by atoms with Crippen LogP contribution in [-0.2, 0) is 32.1 Å². The topological polar surface area (TPSA) is 144 Å². The van der Waals surface area contributed by atoms with Crippen LogP contribution < -0.4 is 19.6 Å². The summed E-state index contributed by atoms with van der Waals surface area (Å²) in [5.74, 6) is 2.54. The summed E-state index contributed by atoms with van der Waals surface area (Å²) in [4.78, 5) is 57.0. The van der Waals surface area contributed by atoms with E-state index in [1.165, 1.54) is 0 Å². The van der Waals surface area contributed by atoms with Gasteiger partial charge in [0.05, 0.1) is 45.4 Å². The Morgan fingerprint density at radius 3 is 2.23 bits per heavy atom. The van der Waals surface area contributed by atoms with Gasteiger partial charge in [0.25, 0.3) is 0 Å². The molecule has 2 fully saturated rings. The predicted octanol–water partition coefficient (Wildman–Crippen LogP) is -0.233. The van der Waals surface area contributed by atoms with E-state index in [1.54, 1.807) is 32.6 Å².